The number of rotatable bonds is 4. The van der Waals surface area contributed by atoms with Gasteiger partial charge < -0.3 is 15.2 Å². The zero-order valence-electron chi connectivity index (χ0n) is 12.4. The Morgan fingerprint density at radius 3 is 2.10 bits per heavy atom. The van der Waals surface area contributed by atoms with Gasteiger partial charge in [-0.3, -0.25) is 0 Å². The first-order valence-corrected chi connectivity index (χ1v) is 6.61. The molecule has 3 heteroatoms. The van der Waals surface area contributed by atoms with E-state index in [1.165, 1.54) is 11.1 Å². The van der Waals surface area contributed by atoms with Gasteiger partial charge in [-0.1, -0.05) is 29.3 Å². The highest BCUT2D eigenvalue weighted by Crippen LogP contribution is 2.32. The van der Waals surface area contributed by atoms with Crippen molar-refractivity contribution in [3.63, 3.8) is 0 Å². The fraction of sp³-hybridized carbons (Fsp3) is 0.294. The highest BCUT2D eigenvalue weighted by Gasteiger charge is 2.15. The monoisotopic (exact) mass is 271 g/mol. The Kier molecular flexibility index (Phi) is 4.30. The summed E-state index contributed by atoms with van der Waals surface area (Å²) in [6.45, 7) is 4.15. The number of nitrogens with two attached hydrogens (primary N) is 1. The molecular formula is C17H21NO2. The van der Waals surface area contributed by atoms with Crippen LogP contribution in [-0.2, 0) is 0 Å². The summed E-state index contributed by atoms with van der Waals surface area (Å²) in [4.78, 5) is 0. The summed E-state index contributed by atoms with van der Waals surface area (Å²) < 4.78 is 10.7. The van der Waals surface area contributed by atoms with Crippen molar-refractivity contribution in [3.05, 3.63) is 58.7 Å². The van der Waals surface area contributed by atoms with Crippen molar-refractivity contribution in [2.45, 2.75) is 19.9 Å². The van der Waals surface area contributed by atoms with Crippen molar-refractivity contribution in [2.75, 3.05) is 14.2 Å². The van der Waals surface area contributed by atoms with Gasteiger partial charge in [0, 0.05) is 5.56 Å². The zero-order chi connectivity index (χ0) is 14.7. The van der Waals surface area contributed by atoms with Crippen LogP contribution in [0.2, 0.25) is 0 Å². The Bertz CT molecular complexity index is 588. The number of ether oxygens (including phenoxy) is 2. The van der Waals surface area contributed by atoms with E-state index in [1.807, 2.05) is 18.2 Å². The van der Waals surface area contributed by atoms with Crippen LogP contribution in [0.25, 0.3) is 0 Å². The Morgan fingerprint density at radius 2 is 1.55 bits per heavy atom. The molecule has 0 spiro atoms. The number of hydrogen-bond acceptors (Lipinski definition) is 3. The fourth-order valence-corrected chi connectivity index (χ4v) is 2.45. The molecule has 0 aliphatic rings. The molecule has 20 heavy (non-hydrogen) atoms. The highest BCUT2D eigenvalue weighted by molar-refractivity contribution is 5.46. The van der Waals surface area contributed by atoms with Gasteiger partial charge in [0.05, 0.1) is 20.3 Å². The van der Waals surface area contributed by atoms with Crippen LogP contribution in [0, 0.1) is 13.8 Å². The van der Waals surface area contributed by atoms with Crippen molar-refractivity contribution in [1.29, 1.82) is 0 Å². The van der Waals surface area contributed by atoms with Crippen LogP contribution in [0.1, 0.15) is 28.3 Å². The molecule has 2 N–H and O–H groups in total. The Morgan fingerprint density at radius 1 is 0.900 bits per heavy atom. The van der Waals surface area contributed by atoms with Gasteiger partial charge in [-0.15, -0.1) is 0 Å². The first-order valence-electron chi connectivity index (χ1n) is 6.61. The molecule has 0 heterocycles. The average Bonchev–Trinajstić information content (AvgIpc) is 2.44. The molecule has 1 unspecified atom stereocenters. The van der Waals surface area contributed by atoms with Crippen LogP contribution in [0.15, 0.2) is 36.4 Å². The molecule has 0 amide bonds. The largest absolute Gasteiger partial charge is 0.497 e. The predicted octanol–water partition coefficient (Wildman–Crippen LogP) is 3.37. The standard InChI is InChI=1S/C17H21NO2/c1-11-7-12(2)9-13(8-11)17(18)15-10-14(19-3)5-6-16(15)20-4/h5-10,17H,18H2,1-4H3. The molecule has 2 rings (SSSR count). The molecule has 0 radical (unpaired) electrons. The second kappa shape index (κ2) is 5.97. The first-order chi connectivity index (χ1) is 9.55. The molecule has 0 saturated heterocycles. The minimum Gasteiger partial charge on any atom is -0.497 e. The van der Waals surface area contributed by atoms with Crippen LogP contribution < -0.4 is 15.2 Å². The van der Waals surface area contributed by atoms with E-state index in [0.29, 0.717) is 0 Å². The summed E-state index contributed by atoms with van der Waals surface area (Å²) in [7, 11) is 3.30. The topological polar surface area (TPSA) is 44.5 Å². The minimum absolute atomic E-state index is 0.237. The number of benzene rings is 2. The Balaban J connectivity index is 2.48. The van der Waals surface area contributed by atoms with Crippen LogP contribution >= 0.6 is 0 Å². The summed E-state index contributed by atoms with van der Waals surface area (Å²) in [6.07, 6.45) is 0. The van der Waals surface area contributed by atoms with Crippen molar-refractivity contribution in [2.24, 2.45) is 5.73 Å². The van der Waals surface area contributed by atoms with Gasteiger partial charge in [-0.25, -0.2) is 0 Å². The molecular weight excluding hydrogens is 250 g/mol. The van der Waals surface area contributed by atoms with E-state index in [-0.39, 0.29) is 6.04 Å². The quantitative estimate of drug-likeness (QED) is 0.927. The summed E-state index contributed by atoms with van der Waals surface area (Å²) in [6, 6.07) is 11.8. The second-order valence-corrected chi connectivity index (χ2v) is 5.01. The Labute approximate surface area is 120 Å². The summed E-state index contributed by atoms with van der Waals surface area (Å²) in [5.41, 5.74) is 10.8. The molecule has 0 fully saturated rings. The van der Waals surface area contributed by atoms with Crippen molar-refractivity contribution in [1.82, 2.24) is 0 Å². The van der Waals surface area contributed by atoms with Gasteiger partial charge >= 0.3 is 0 Å². The van der Waals surface area contributed by atoms with Crippen LogP contribution in [0.5, 0.6) is 11.5 Å². The van der Waals surface area contributed by atoms with E-state index in [2.05, 4.69) is 32.0 Å². The van der Waals surface area contributed by atoms with Gasteiger partial charge in [0.25, 0.3) is 0 Å². The maximum atomic E-state index is 6.42. The van der Waals surface area contributed by atoms with E-state index in [0.717, 1.165) is 22.6 Å². The summed E-state index contributed by atoms with van der Waals surface area (Å²) in [5.74, 6) is 1.55. The van der Waals surface area contributed by atoms with Gasteiger partial charge in [0.2, 0.25) is 0 Å². The van der Waals surface area contributed by atoms with E-state index in [1.54, 1.807) is 14.2 Å². The van der Waals surface area contributed by atoms with E-state index >= 15 is 0 Å². The van der Waals surface area contributed by atoms with Crippen molar-refractivity contribution >= 4 is 0 Å². The summed E-state index contributed by atoms with van der Waals surface area (Å²) in [5, 5.41) is 0. The third-order valence-corrected chi connectivity index (χ3v) is 3.38. The summed E-state index contributed by atoms with van der Waals surface area (Å²) >= 11 is 0. The van der Waals surface area contributed by atoms with E-state index in [9.17, 15) is 0 Å². The number of hydrogen-bond donors (Lipinski definition) is 1. The minimum atomic E-state index is -0.237. The first kappa shape index (κ1) is 14.4. The van der Waals surface area contributed by atoms with Crippen molar-refractivity contribution in [3.8, 4) is 11.5 Å². The normalized spacial score (nSPS) is 12.1. The van der Waals surface area contributed by atoms with Crippen LogP contribution in [0.4, 0.5) is 0 Å². The van der Waals surface area contributed by atoms with E-state index in [4.69, 9.17) is 15.2 Å². The van der Waals surface area contributed by atoms with Crippen LogP contribution in [0.3, 0.4) is 0 Å². The number of aryl methyl sites for hydroxylation is 2. The van der Waals surface area contributed by atoms with Gasteiger partial charge in [0.1, 0.15) is 11.5 Å². The Hall–Kier alpha value is -2.00. The molecule has 3 nitrogen and oxygen atoms in total. The molecule has 0 aliphatic heterocycles. The fourth-order valence-electron chi connectivity index (χ4n) is 2.45. The molecule has 0 saturated carbocycles. The second-order valence-electron chi connectivity index (χ2n) is 5.01. The lowest BCUT2D eigenvalue weighted by Gasteiger charge is -2.18. The average molecular weight is 271 g/mol. The van der Waals surface area contributed by atoms with Gasteiger partial charge in [-0.2, -0.15) is 0 Å². The molecule has 0 bridgehead atoms. The zero-order valence-corrected chi connectivity index (χ0v) is 12.4. The van der Waals surface area contributed by atoms with E-state index < -0.39 is 0 Å². The molecule has 2 aromatic carbocycles. The third kappa shape index (κ3) is 2.94. The smallest absolute Gasteiger partial charge is 0.124 e. The lowest BCUT2D eigenvalue weighted by Crippen LogP contribution is -2.13. The molecule has 0 aromatic heterocycles. The van der Waals surface area contributed by atoms with Gasteiger partial charge in [0.15, 0.2) is 0 Å². The lowest BCUT2D eigenvalue weighted by molar-refractivity contribution is 0.397. The highest BCUT2D eigenvalue weighted by atomic mass is 16.5. The molecule has 2 aromatic rings. The third-order valence-electron chi connectivity index (χ3n) is 3.38. The maximum absolute atomic E-state index is 6.42. The van der Waals surface area contributed by atoms with Crippen LogP contribution in [-0.4, -0.2) is 14.2 Å². The van der Waals surface area contributed by atoms with Gasteiger partial charge in [-0.05, 0) is 37.6 Å². The van der Waals surface area contributed by atoms with Crippen molar-refractivity contribution < 1.29 is 9.47 Å². The predicted molar refractivity (Wildman–Crippen MR) is 81.5 cm³/mol. The SMILES string of the molecule is COc1ccc(OC)c(C(N)c2cc(C)cc(C)c2)c1. The molecule has 1 atom stereocenters. The maximum Gasteiger partial charge on any atom is 0.124 e. The number of methoxy groups -OCH3 is 2. The molecule has 106 valence electrons. The lowest BCUT2D eigenvalue weighted by atomic mass is 9.95. The molecule has 0 aliphatic carbocycles.